The summed E-state index contributed by atoms with van der Waals surface area (Å²) in [5.74, 6) is 36.6. The molecule has 0 amide bonds. The molecular weight excluding hydrogens is 1060 g/mol. The molecule has 8 bridgehead atoms. The van der Waals surface area contributed by atoms with Gasteiger partial charge in [-0.2, -0.15) is 0 Å². The van der Waals surface area contributed by atoms with Crippen molar-refractivity contribution in [3.05, 3.63) is 347 Å². The Morgan fingerprint density at radius 2 is 0.545 bits per heavy atom. The highest BCUT2D eigenvalue weighted by atomic mass is 14.8. The van der Waals surface area contributed by atoms with Gasteiger partial charge in [-0.3, -0.25) is 0 Å². The average Bonchev–Trinajstić information content (AvgIpc) is 2.02. The van der Waals surface area contributed by atoms with Gasteiger partial charge in [-0.25, -0.2) is 9.97 Å². The van der Waals surface area contributed by atoms with E-state index in [0.29, 0.717) is 56.1 Å². The summed E-state index contributed by atoms with van der Waals surface area (Å²) in [7, 11) is 0. The van der Waals surface area contributed by atoms with Crippen molar-refractivity contribution in [2.75, 3.05) is 0 Å². The number of hydrogen-bond acceptors (Lipinski definition) is 2. The fraction of sp³-hybridized carbons (Fsp3) is 0. The Morgan fingerprint density at radius 1 is 0.239 bits per heavy atom. The minimum atomic E-state index is 0.609. The summed E-state index contributed by atoms with van der Waals surface area (Å²) in [4.78, 5) is 20.0. The van der Waals surface area contributed by atoms with E-state index in [2.05, 4.69) is 184 Å². The van der Waals surface area contributed by atoms with Gasteiger partial charge < -0.3 is 9.97 Å². The topological polar surface area (TPSA) is 57.4 Å². The Bertz CT molecular complexity index is 5200. The fourth-order valence-corrected chi connectivity index (χ4v) is 11.1. The zero-order valence-corrected chi connectivity index (χ0v) is 47.6. The van der Waals surface area contributed by atoms with E-state index in [9.17, 15) is 0 Å². The summed E-state index contributed by atoms with van der Waals surface area (Å²) >= 11 is 0. The molecular formula is C84H50N4. The van der Waals surface area contributed by atoms with Crippen LogP contribution in [0.4, 0.5) is 0 Å². The monoisotopic (exact) mass is 1110 g/mol. The second-order valence-electron chi connectivity index (χ2n) is 20.9. The van der Waals surface area contributed by atoms with Crippen LogP contribution in [0.3, 0.4) is 0 Å². The molecule has 0 spiro atoms. The molecule has 9 aromatic carbocycles. The van der Waals surface area contributed by atoms with Gasteiger partial charge >= 0.3 is 0 Å². The number of hydrogen-bond donors (Lipinski definition) is 2. The summed E-state index contributed by atoms with van der Waals surface area (Å²) in [6, 6.07) is 96.4. The SMILES string of the molecule is C(#Cc1ccccc1)C1=Cc2nc1c(-c1ccccc1)c1ccc([nH]1)c(-c1ccccc1)c1nc(c(-c3ccccc3)c3[nH]c(c(C#Cc4ccccc4)c3C#Cc3ccccc3)c2-c2ccccc2)C(C#Cc2ccccc2)=C1C#Cc1ccccc1. The molecule has 4 nitrogen and oxygen atoms in total. The van der Waals surface area contributed by atoms with E-state index < -0.39 is 0 Å². The lowest BCUT2D eigenvalue weighted by atomic mass is 9.94. The molecule has 0 aliphatic carbocycles. The molecule has 2 aliphatic rings. The summed E-state index contributed by atoms with van der Waals surface area (Å²) < 4.78 is 0. The second kappa shape index (κ2) is 24.7. The maximum absolute atomic E-state index is 6.02. The first kappa shape index (κ1) is 53.4. The van der Waals surface area contributed by atoms with E-state index in [1.807, 2.05) is 176 Å². The van der Waals surface area contributed by atoms with Crippen LogP contribution in [-0.2, 0) is 0 Å². The van der Waals surface area contributed by atoms with Crippen LogP contribution in [0.15, 0.2) is 285 Å². The number of aromatic amines is 2. The van der Waals surface area contributed by atoms with Crippen molar-refractivity contribution in [3.63, 3.8) is 0 Å². The van der Waals surface area contributed by atoms with Crippen molar-refractivity contribution in [2.45, 2.75) is 0 Å². The second-order valence-corrected chi connectivity index (χ2v) is 20.9. The zero-order chi connectivity index (χ0) is 58.9. The van der Waals surface area contributed by atoms with Gasteiger partial charge in [0.25, 0.3) is 0 Å². The minimum Gasteiger partial charge on any atom is -0.354 e. The maximum atomic E-state index is 6.02. The molecule has 0 saturated heterocycles. The average molecular weight is 1120 g/mol. The third-order valence-corrected chi connectivity index (χ3v) is 15.2. The van der Waals surface area contributed by atoms with Gasteiger partial charge in [-0.15, -0.1) is 0 Å². The Morgan fingerprint density at radius 3 is 0.943 bits per heavy atom. The van der Waals surface area contributed by atoms with Crippen molar-refractivity contribution >= 4 is 44.9 Å². The van der Waals surface area contributed by atoms with Crippen LogP contribution in [0.25, 0.3) is 89.4 Å². The van der Waals surface area contributed by atoms with Crippen LogP contribution in [0, 0.1) is 59.2 Å². The van der Waals surface area contributed by atoms with Crippen molar-refractivity contribution in [1.82, 2.24) is 19.9 Å². The Balaban J connectivity index is 1.28. The number of allylic oxidation sites excluding steroid dienone is 3. The van der Waals surface area contributed by atoms with Gasteiger partial charge in [-0.05, 0) is 101 Å². The summed E-state index contributed by atoms with van der Waals surface area (Å²) in [6.45, 7) is 0. The van der Waals surface area contributed by atoms with E-state index in [1.54, 1.807) is 0 Å². The van der Waals surface area contributed by atoms with Crippen LogP contribution >= 0.6 is 0 Å². The molecule has 0 atom stereocenters. The first-order valence-electron chi connectivity index (χ1n) is 29.1. The number of aromatic nitrogens is 4. The number of nitrogens with one attached hydrogen (secondary N) is 2. The predicted octanol–water partition coefficient (Wildman–Crippen LogP) is 18.4. The predicted molar refractivity (Wildman–Crippen MR) is 362 cm³/mol. The van der Waals surface area contributed by atoms with E-state index in [0.717, 1.165) is 88.9 Å². The number of nitrogens with zero attached hydrogens (tertiary/aromatic N) is 2. The van der Waals surface area contributed by atoms with Crippen molar-refractivity contribution in [3.8, 4) is 104 Å². The molecule has 0 fully saturated rings. The van der Waals surface area contributed by atoms with Crippen LogP contribution in [-0.4, -0.2) is 19.9 Å². The van der Waals surface area contributed by atoms with Gasteiger partial charge in [0.1, 0.15) is 0 Å². The quantitative estimate of drug-likeness (QED) is 0.173. The summed E-state index contributed by atoms with van der Waals surface area (Å²) in [6.07, 6.45) is 2.13. The lowest BCUT2D eigenvalue weighted by Gasteiger charge is -2.08. The molecule has 88 heavy (non-hydrogen) atoms. The first-order valence-corrected chi connectivity index (χ1v) is 29.1. The van der Waals surface area contributed by atoms with Crippen molar-refractivity contribution < 1.29 is 0 Å². The highest BCUT2D eigenvalue weighted by Crippen LogP contribution is 2.45. The van der Waals surface area contributed by atoms with Crippen LogP contribution in [0.1, 0.15) is 61.7 Å². The highest BCUT2D eigenvalue weighted by molar-refractivity contribution is 6.14. The smallest absolute Gasteiger partial charge is 0.0907 e. The Hall–Kier alpha value is -12.6. The Kier molecular flexibility index (Phi) is 15.0. The molecule has 0 radical (unpaired) electrons. The normalized spacial score (nSPS) is 11.2. The van der Waals surface area contributed by atoms with Gasteiger partial charge in [0, 0.05) is 61.1 Å². The van der Waals surface area contributed by atoms with Gasteiger partial charge in [0.2, 0.25) is 0 Å². The van der Waals surface area contributed by atoms with Gasteiger partial charge in [0.05, 0.1) is 61.7 Å². The minimum absolute atomic E-state index is 0.609. The molecule has 406 valence electrons. The third kappa shape index (κ3) is 11.2. The summed E-state index contributed by atoms with van der Waals surface area (Å²) in [5, 5.41) is 0. The molecule has 2 N–H and O–H groups in total. The van der Waals surface area contributed by atoms with E-state index in [4.69, 9.17) is 9.97 Å². The van der Waals surface area contributed by atoms with E-state index >= 15 is 0 Å². The summed E-state index contributed by atoms with van der Waals surface area (Å²) in [5.41, 5.74) is 20.2. The molecule has 3 aromatic heterocycles. The number of benzene rings is 9. The highest BCUT2D eigenvalue weighted by Gasteiger charge is 2.29. The lowest BCUT2D eigenvalue weighted by molar-refractivity contribution is 1.30. The molecule has 2 aliphatic heterocycles. The maximum Gasteiger partial charge on any atom is 0.0907 e. The number of H-pyrrole nitrogens is 2. The molecule has 5 heterocycles. The first-order chi connectivity index (χ1) is 43.7. The van der Waals surface area contributed by atoms with E-state index in [1.165, 1.54) is 0 Å². The largest absolute Gasteiger partial charge is 0.354 e. The number of fused-ring (bicyclic) bond motifs is 8. The zero-order valence-electron chi connectivity index (χ0n) is 47.6. The third-order valence-electron chi connectivity index (χ3n) is 15.2. The molecule has 4 heteroatoms. The standard InChI is InChI=1S/C84H50N4/c1-10-28-59(29-11-1)46-51-68-58-75-78(66-42-24-8-25-43-66)82-70(53-48-61-32-14-3-15-33-61)72(55-50-63-36-18-5-19-37-63)84(88-82)79(67-44-26-9-27-45-67)83-71(54-49-62-34-16-4-17-35-62)69(52-47-60-30-12-2-13-31-60)81(87-83)77(65-40-22-7-23-41-65)74-57-56-73(85-74)76(80(68)86-75)64-38-20-6-21-39-64/h1-45,56-58,85,88H. The van der Waals surface area contributed by atoms with Gasteiger partial charge in [0.15, 0.2) is 0 Å². The number of rotatable bonds is 4. The van der Waals surface area contributed by atoms with Crippen LogP contribution in [0.2, 0.25) is 0 Å². The Labute approximate surface area is 512 Å². The molecule has 0 saturated carbocycles. The molecule has 14 rings (SSSR count). The van der Waals surface area contributed by atoms with Crippen molar-refractivity contribution in [2.24, 2.45) is 0 Å². The fourth-order valence-electron chi connectivity index (χ4n) is 11.1. The van der Waals surface area contributed by atoms with Crippen LogP contribution in [0.5, 0.6) is 0 Å². The van der Waals surface area contributed by atoms with Crippen LogP contribution < -0.4 is 0 Å². The molecule has 0 unspecified atom stereocenters. The van der Waals surface area contributed by atoms with Crippen molar-refractivity contribution in [1.29, 1.82) is 0 Å². The molecule has 12 aromatic rings. The van der Waals surface area contributed by atoms with Gasteiger partial charge in [-0.1, -0.05) is 272 Å². The lowest BCUT2D eigenvalue weighted by Crippen LogP contribution is -1.92. The van der Waals surface area contributed by atoms with E-state index in [-0.39, 0.29) is 0 Å².